The molecule has 2 bridgehead atoms. The van der Waals surface area contributed by atoms with Crippen molar-refractivity contribution in [2.45, 2.75) is 28.8 Å². The van der Waals surface area contributed by atoms with Crippen LogP contribution in [0.15, 0.2) is 66.7 Å². The zero-order valence-electron chi connectivity index (χ0n) is 21.5. The van der Waals surface area contributed by atoms with E-state index in [0.717, 1.165) is 6.07 Å². The first-order chi connectivity index (χ1) is 19.9. The number of amides is 3. The second-order valence-electron chi connectivity index (χ2n) is 10.3. The molecule has 3 aromatic rings. The first kappa shape index (κ1) is 28.1. The standard InChI is InChI=1S/C29H20Cl3N3O7/c30-15-10-9-14(20(11-15)35(40)41)13-42-27(39)21(12-22(33)36)34-25(37)23-24(26(34)38)29(32)17-6-2-1-5-16(17)28(23,31)18-7-3-4-8-19(18)29/h1-11,21,23-24H,12-13H2,(H2,33,36)/t21-,23+,24+,28?,29?/m1/s1. The summed E-state index contributed by atoms with van der Waals surface area (Å²) < 4.78 is 5.32. The second-order valence-corrected chi connectivity index (χ2v) is 12.0. The Labute approximate surface area is 253 Å². The van der Waals surface area contributed by atoms with Gasteiger partial charge < -0.3 is 10.5 Å². The predicted octanol–water partition coefficient (Wildman–Crippen LogP) is 4.13. The lowest BCUT2D eigenvalue weighted by molar-refractivity contribution is -0.385. The third kappa shape index (κ3) is 3.78. The molecule has 3 atom stereocenters. The molecule has 0 unspecified atom stereocenters. The largest absolute Gasteiger partial charge is 0.459 e. The summed E-state index contributed by atoms with van der Waals surface area (Å²) in [5.74, 6) is -6.19. The fourth-order valence-corrected chi connectivity index (χ4v) is 7.80. The number of nitrogens with zero attached hydrogens (tertiary/aromatic N) is 2. The number of alkyl halides is 2. The summed E-state index contributed by atoms with van der Waals surface area (Å²) in [7, 11) is 0. The number of primary amides is 1. The molecule has 1 saturated heterocycles. The van der Waals surface area contributed by atoms with Crippen LogP contribution < -0.4 is 5.73 Å². The molecule has 3 aromatic carbocycles. The van der Waals surface area contributed by atoms with E-state index in [0.29, 0.717) is 27.2 Å². The van der Waals surface area contributed by atoms with Crippen LogP contribution in [0.25, 0.3) is 0 Å². The highest BCUT2D eigenvalue weighted by Crippen LogP contribution is 2.69. The van der Waals surface area contributed by atoms with Gasteiger partial charge in [0.2, 0.25) is 17.7 Å². The molecule has 214 valence electrons. The number of nitrogens with two attached hydrogens (primary N) is 1. The summed E-state index contributed by atoms with van der Waals surface area (Å²) in [6.07, 6.45) is -0.747. The maximum absolute atomic E-state index is 14.2. The summed E-state index contributed by atoms with van der Waals surface area (Å²) in [6.45, 7) is -0.597. The SMILES string of the molecule is NC(=O)C[C@H](C(=O)OCc1ccc(Cl)cc1[N+](=O)[O-])N1C(=O)[C@@H]2[C@@H](C1=O)C1(Cl)c3ccccc3C2(Cl)c2ccccc21. The summed E-state index contributed by atoms with van der Waals surface area (Å²) >= 11 is 20.7. The smallest absolute Gasteiger partial charge is 0.330 e. The minimum atomic E-state index is -1.76. The van der Waals surface area contributed by atoms with Crippen LogP contribution in [0.4, 0.5) is 5.69 Å². The Morgan fingerprint density at radius 3 is 1.83 bits per heavy atom. The van der Waals surface area contributed by atoms with E-state index in [9.17, 15) is 29.3 Å². The number of ether oxygens (including phenoxy) is 1. The molecule has 0 radical (unpaired) electrons. The minimum Gasteiger partial charge on any atom is -0.459 e. The van der Waals surface area contributed by atoms with Crippen molar-refractivity contribution >= 4 is 64.2 Å². The van der Waals surface area contributed by atoms with Crippen molar-refractivity contribution < 1.29 is 28.8 Å². The maximum atomic E-state index is 14.2. The number of rotatable bonds is 7. The van der Waals surface area contributed by atoms with Gasteiger partial charge in [0.25, 0.3) is 5.69 Å². The lowest BCUT2D eigenvalue weighted by atomic mass is 9.54. The molecular weight excluding hydrogens is 609 g/mol. The number of nitro groups is 1. The van der Waals surface area contributed by atoms with E-state index in [2.05, 4.69) is 0 Å². The van der Waals surface area contributed by atoms with E-state index in [1.807, 2.05) is 0 Å². The maximum Gasteiger partial charge on any atom is 0.330 e. The van der Waals surface area contributed by atoms with Crippen molar-refractivity contribution in [1.29, 1.82) is 0 Å². The van der Waals surface area contributed by atoms with Gasteiger partial charge in [-0.1, -0.05) is 60.1 Å². The molecule has 0 aromatic heterocycles. The van der Waals surface area contributed by atoms with Crippen LogP contribution in [0.1, 0.15) is 34.2 Å². The van der Waals surface area contributed by atoms with Crippen molar-refractivity contribution in [3.63, 3.8) is 0 Å². The summed E-state index contributed by atoms with van der Waals surface area (Å²) in [4.78, 5) is 62.3. The number of esters is 1. The number of benzene rings is 3. The molecule has 3 amide bonds. The van der Waals surface area contributed by atoms with Gasteiger partial charge in [-0.3, -0.25) is 29.4 Å². The van der Waals surface area contributed by atoms with Crippen molar-refractivity contribution in [3.05, 3.63) is 110 Å². The first-order valence-electron chi connectivity index (χ1n) is 12.7. The molecule has 13 heteroatoms. The molecule has 4 aliphatic rings. The Kier molecular flexibility index (Phi) is 6.56. The fourth-order valence-electron chi connectivity index (χ4n) is 6.54. The zero-order chi connectivity index (χ0) is 30.1. The summed E-state index contributed by atoms with van der Waals surface area (Å²) in [5, 5.41) is 11.6. The second kappa shape index (κ2) is 9.79. The van der Waals surface area contributed by atoms with Gasteiger partial charge >= 0.3 is 5.97 Å². The highest BCUT2D eigenvalue weighted by atomic mass is 35.5. The molecule has 7 rings (SSSR count). The Hall–Kier alpha value is -3.99. The minimum absolute atomic E-state index is 0.00619. The van der Waals surface area contributed by atoms with E-state index >= 15 is 0 Å². The number of halogens is 3. The quantitative estimate of drug-likeness (QED) is 0.136. The van der Waals surface area contributed by atoms with Crippen LogP contribution >= 0.6 is 34.8 Å². The predicted molar refractivity (Wildman–Crippen MR) is 150 cm³/mol. The van der Waals surface area contributed by atoms with Crippen molar-refractivity contribution in [2.75, 3.05) is 0 Å². The lowest BCUT2D eigenvalue weighted by Crippen LogP contribution is -2.57. The number of carbonyl (C=O) groups excluding carboxylic acids is 4. The number of hydrogen-bond acceptors (Lipinski definition) is 7. The molecule has 2 N–H and O–H groups in total. The summed E-state index contributed by atoms with van der Waals surface area (Å²) in [5.41, 5.74) is 7.29. The van der Waals surface area contributed by atoms with E-state index in [1.165, 1.54) is 12.1 Å². The molecule has 3 aliphatic carbocycles. The van der Waals surface area contributed by atoms with Crippen LogP contribution in [-0.2, 0) is 40.3 Å². The van der Waals surface area contributed by atoms with Crippen LogP contribution in [0.2, 0.25) is 5.02 Å². The molecule has 10 nitrogen and oxygen atoms in total. The van der Waals surface area contributed by atoms with Crippen LogP contribution in [0.3, 0.4) is 0 Å². The van der Waals surface area contributed by atoms with Crippen molar-refractivity contribution in [2.24, 2.45) is 17.6 Å². The fraction of sp³-hybridized carbons (Fsp3) is 0.241. The third-order valence-corrected chi connectivity index (χ3v) is 9.73. The Morgan fingerprint density at radius 2 is 1.40 bits per heavy atom. The van der Waals surface area contributed by atoms with Gasteiger partial charge in [-0.25, -0.2) is 4.79 Å². The highest BCUT2D eigenvalue weighted by Gasteiger charge is 2.73. The van der Waals surface area contributed by atoms with Gasteiger partial charge in [-0.05, 0) is 34.4 Å². The average Bonchev–Trinajstić information content (AvgIpc) is 3.24. The van der Waals surface area contributed by atoms with Crippen LogP contribution in [0.5, 0.6) is 0 Å². The van der Waals surface area contributed by atoms with E-state index in [4.69, 9.17) is 45.3 Å². The molecule has 1 aliphatic heterocycles. The first-order valence-corrected chi connectivity index (χ1v) is 13.9. The third-order valence-electron chi connectivity index (χ3n) is 8.21. The van der Waals surface area contributed by atoms with Gasteiger partial charge in [-0.15, -0.1) is 23.2 Å². The normalized spacial score (nSPS) is 25.8. The Bertz CT molecular complexity index is 1610. The number of nitro benzene ring substituents is 1. The summed E-state index contributed by atoms with van der Waals surface area (Å²) in [6, 6.07) is 16.0. The molecule has 0 saturated carbocycles. The molecule has 1 heterocycles. The Balaban J connectivity index is 1.41. The molecule has 1 fully saturated rings. The lowest BCUT2D eigenvalue weighted by Gasteiger charge is -2.54. The van der Waals surface area contributed by atoms with Crippen molar-refractivity contribution in [1.82, 2.24) is 4.90 Å². The Morgan fingerprint density at radius 1 is 0.929 bits per heavy atom. The van der Waals surface area contributed by atoms with Crippen LogP contribution in [0, 0.1) is 22.0 Å². The zero-order valence-corrected chi connectivity index (χ0v) is 23.7. The van der Waals surface area contributed by atoms with E-state index in [-0.39, 0.29) is 10.6 Å². The molecule has 42 heavy (non-hydrogen) atoms. The highest BCUT2D eigenvalue weighted by molar-refractivity contribution is 6.36. The topological polar surface area (TPSA) is 150 Å². The van der Waals surface area contributed by atoms with Gasteiger partial charge in [0, 0.05) is 11.1 Å². The van der Waals surface area contributed by atoms with Gasteiger partial charge in [0.05, 0.1) is 28.7 Å². The monoisotopic (exact) mass is 627 g/mol. The van der Waals surface area contributed by atoms with Gasteiger partial charge in [0.15, 0.2) is 0 Å². The van der Waals surface area contributed by atoms with Crippen LogP contribution in [-0.4, -0.2) is 39.6 Å². The average molecular weight is 629 g/mol. The van der Waals surface area contributed by atoms with E-state index in [1.54, 1.807) is 48.5 Å². The number of carbonyl (C=O) groups is 4. The van der Waals surface area contributed by atoms with Crippen molar-refractivity contribution in [3.8, 4) is 0 Å². The number of likely N-dealkylation sites (tertiary alicyclic amines) is 1. The van der Waals surface area contributed by atoms with Gasteiger partial charge in [-0.2, -0.15) is 0 Å². The number of imide groups is 1. The number of hydrogen-bond donors (Lipinski definition) is 1. The molecular formula is C29H20Cl3N3O7. The molecule has 0 spiro atoms. The van der Waals surface area contributed by atoms with E-state index < -0.39 is 75.0 Å². The van der Waals surface area contributed by atoms with Gasteiger partial charge in [0.1, 0.15) is 22.4 Å².